The molecule has 100 valence electrons. The van der Waals surface area contributed by atoms with E-state index in [0.717, 1.165) is 5.56 Å². The molecular weight excluding hydrogens is 260 g/mol. The topological polar surface area (TPSA) is 98.0 Å². The molecule has 1 amide bonds. The molecule has 0 spiro atoms. The van der Waals surface area contributed by atoms with Gasteiger partial charge in [-0.25, -0.2) is 9.97 Å². The maximum absolute atomic E-state index is 11.4. The summed E-state index contributed by atoms with van der Waals surface area (Å²) in [5, 5.41) is 13.8. The first kappa shape index (κ1) is 12.2. The predicted octanol–water partition coefficient (Wildman–Crippen LogP) is 1.94. The number of nitro groups is 1. The van der Waals surface area contributed by atoms with Crippen LogP contribution in [0.15, 0.2) is 30.9 Å². The number of fused-ring (bicyclic) bond motifs is 1. The number of nitrogens with one attached hydrogen (secondary N) is 1. The third-order valence-corrected chi connectivity index (χ3v) is 3.18. The summed E-state index contributed by atoms with van der Waals surface area (Å²) in [5.41, 5.74) is 2.33. The number of carbonyl (C=O) groups excluding carboxylic acids is 1. The highest BCUT2D eigenvalue weighted by Crippen LogP contribution is 2.36. The Kier molecular flexibility index (Phi) is 2.86. The zero-order valence-electron chi connectivity index (χ0n) is 10.4. The van der Waals surface area contributed by atoms with Crippen LogP contribution in [0.1, 0.15) is 12.0 Å². The second-order valence-electron chi connectivity index (χ2n) is 4.46. The molecular formula is C13H10N4O3. The molecule has 7 heteroatoms. The Morgan fingerprint density at radius 2 is 1.90 bits per heavy atom. The van der Waals surface area contributed by atoms with Crippen LogP contribution in [0, 0.1) is 10.1 Å². The highest BCUT2D eigenvalue weighted by molar-refractivity contribution is 5.97. The zero-order valence-corrected chi connectivity index (χ0v) is 10.4. The Balaban J connectivity index is 2.18. The number of nitro benzene ring substituents is 1. The number of aryl methyl sites for hydroxylation is 1. The van der Waals surface area contributed by atoms with Gasteiger partial charge in [0.1, 0.15) is 12.0 Å². The maximum atomic E-state index is 11.4. The quantitative estimate of drug-likeness (QED) is 0.664. The van der Waals surface area contributed by atoms with E-state index in [1.165, 1.54) is 12.4 Å². The van der Waals surface area contributed by atoms with Crippen molar-refractivity contribution in [2.75, 3.05) is 5.32 Å². The van der Waals surface area contributed by atoms with Crippen LogP contribution < -0.4 is 5.32 Å². The van der Waals surface area contributed by atoms with E-state index >= 15 is 0 Å². The van der Waals surface area contributed by atoms with Crippen molar-refractivity contribution >= 4 is 17.3 Å². The van der Waals surface area contributed by atoms with Gasteiger partial charge in [-0.15, -0.1) is 0 Å². The highest BCUT2D eigenvalue weighted by atomic mass is 16.6. The molecule has 1 aromatic heterocycles. The van der Waals surface area contributed by atoms with E-state index < -0.39 is 4.92 Å². The Labute approximate surface area is 113 Å². The molecule has 3 rings (SSSR count). The van der Waals surface area contributed by atoms with Gasteiger partial charge in [0.25, 0.3) is 5.69 Å². The SMILES string of the molecule is O=C1CCc2cc(-c3cncnc3)cc([N+](=O)[O-])c2N1. The number of nitrogens with zero attached hydrogens (tertiary/aromatic N) is 3. The van der Waals surface area contributed by atoms with Crippen LogP contribution in [0.5, 0.6) is 0 Å². The van der Waals surface area contributed by atoms with Crippen LogP contribution >= 0.6 is 0 Å². The Bertz CT molecular complexity index is 700. The first-order valence-electron chi connectivity index (χ1n) is 6.01. The minimum atomic E-state index is -0.488. The molecule has 1 aliphatic heterocycles. The molecule has 0 bridgehead atoms. The fourth-order valence-electron chi connectivity index (χ4n) is 2.24. The van der Waals surface area contributed by atoms with Gasteiger partial charge in [0.2, 0.25) is 5.91 Å². The van der Waals surface area contributed by atoms with E-state index in [4.69, 9.17) is 0 Å². The van der Waals surface area contributed by atoms with Crippen LogP contribution in [0.4, 0.5) is 11.4 Å². The normalized spacial score (nSPS) is 13.5. The van der Waals surface area contributed by atoms with Gasteiger partial charge in [0, 0.05) is 30.4 Å². The number of hydrogen-bond acceptors (Lipinski definition) is 5. The summed E-state index contributed by atoms with van der Waals surface area (Å²) in [4.78, 5) is 29.9. The monoisotopic (exact) mass is 270 g/mol. The van der Waals surface area contributed by atoms with Crippen molar-refractivity contribution in [3.05, 3.63) is 46.5 Å². The van der Waals surface area contributed by atoms with E-state index in [-0.39, 0.29) is 11.6 Å². The molecule has 1 N–H and O–H groups in total. The number of benzene rings is 1. The molecule has 0 saturated carbocycles. The van der Waals surface area contributed by atoms with Crippen molar-refractivity contribution in [1.29, 1.82) is 0 Å². The molecule has 0 saturated heterocycles. The second kappa shape index (κ2) is 4.69. The van der Waals surface area contributed by atoms with Crippen molar-refractivity contribution in [2.24, 2.45) is 0 Å². The average Bonchev–Trinajstić information content (AvgIpc) is 2.47. The lowest BCUT2D eigenvalue weighted by molar-refractivity contribution is -0.383. The largest absolute Gasteiger partial charge is 0.320 e. The van der Waals surface area contributed by atoms with E-state index in [1.54, 1.807) is 12.4 Å². The average molecular weight is 270 g/mol. The van der Waals surface area contributed by atoms with Crippen LogP contribution in [-0.2, 0) is 11.2 Å². The standard InChI is InChI=1S/C13H10N4O3/c18-12-2-1-8-3-9(10-5-14-7-15-6-10)4-11(17(19)20)13(8)16-12/h3-7H,1-2H2,(H,16,18). The van der Waals surface area contributed by atoms with E-state index in [1.807, 2.05) is 6.07 Å². The summed E-state index contributed by atoms with van der Waals surface area (Å²) in [5.74, 6) is -0.198. The van der Waals surface area contributed by atoms with Gasteiger partial charge in [0.05, 0.1) is 4.92 Å². The van der Waals surface area contributed by atoms with Gasteiger partial charge in [-0.3, -0.25) is 14.9 Å². The lowest BCUT2D eigenvalue weighted by Crippen LogP contribution is -2.20. The number of amides is 1. The summed E-state index contributed by atoms with van der Waals surface area (Å²) in [7, 11) is 0. The second-order valence-corrected chi connectivity index (χ2v) is 4.46. The van der Waals surface area contributed by atoms with E-state index in [2.05, 4.69) is 15.3 Å². The molecule has 2 aromatic rings. The minimum absolute atomic E-state index is 0.102. The van der Waals surface area contributed by atoms with Gasteiger partial charge in [0.15, 0.2) is 0 Å². The fourth-order valence-corrected chi connectivity index (χ4v) is 2.24. The Hall–Kier alpha value is -2.83. The molecule has 0 unspecified atom stereocenters. The maximum Gasteiger partial charge on any atom is 0.293 e. The van der Waals surface area contributed by atoms with Crippen molar-refractivity contribution < 1.29 is 9.72 Å². The predicted molar refractivity (Wildman–Crippen MR) is 71.1 cm³/mol. The van der Waals surface area contributed by atoms with E-state index in [0.29, 0.717) is 29.7 Å². The minimum Gasteiger partial charge on any atom is -0.320 e. The Morgan fingerprint density at radius 3 is 2.60 bits per heavy atom. The fraction of sp³-hybridized carbons (Fsp3) is 0.154. The van der Waals surface area contributed by atoms with Gasteiger partial charge >= 0.3 is 0 Å². The Morgan fingerprint density at radius 1 is 1.15 bits per heavy atom. The van der Waals surface area contributed by atoms with Crippen LogP contribution in [0.2, 0.25) is 0 Å². The molecule has 0 aliphatic carbocycles. The molecule has 2 heterocycles. The smallest absolute Gasteiger partial charge is 0.293 e. The molecule has 1 aromatic carbocycles. The summed E-state index contributed by atoms with van der Waals surface area (Å²) in [6.07, 6.45) is 5.42. The van der Waals surface area contributed by atoms with Crippen molar-refractivity contribution in [3.8, 4) is 11.1 Å². The van der Waals surface area contributed by atoms with Crippen LogP contribution in [-0.4, -0.2) is 20.8 Å². The van der Waals surface area contributed by atoms with Crippen LogP contribution in [0.25, 0.3) is 11.1 Å². The molecule has 0 atom stereocenters. The first-order valence-corrected chi connectivity index (χ1v) is 6.01. The van der Waals surface area contributed by atoms with Gasteiger partial charge in [-0.05, 0) is 23.6 Å². The van der Waals surface area contributed by atoms with Crippen molar-refractivity contribution in [1.82, 2.24) is 9.97 Å². The zero-order chi connectivity index (χ0) is 14.1. The molecule has 1 aliphatic rings. The van der Waals surface area contributed by atoms with E-state index in [9.17, 15) is 14.9 Å². The number of anilines is 1. The lowest BCUT2D eigenvalue weighted by Gasteiger charge is -2.17. The number of hydrogen-bond donors (Lipinski definition) is 1. The molecule has 0 fully saturated rings. The first-order chi connectivity index (χ1) is 9.65. The summed E-state index contributed by atoms with van der Waals surface area (Å²) >= 11 is 0. The number of aromatic nitrogens is 2. The summed E-state index contributed by atoms with van der Waals surface area (Å²) in [6, 6.07) is 3.27. The van der Waals surface area contributed by atoms with Crippen LogP contribution in [0.3, 0.4) is 0 Å². The van der Waals surface area contributed by atoms with Gasteiger partial charge < -0.3 is 5.32 Å². The molecule has 20 heavy (non-hydrogen) atoms. The molecule has 7 nitrogen and oxygen atoms in total. The van der Waals surface area contributed by atoms with Gasteiger partial charge in [-0.1, -0.05) is 0 Å². The third kappa shape index (κ3) is 2.09. The summed E-state index contributed by atoms with van der Waals surface area (Å²) < 4.78 is 0. The lowest BCUT2D eigenvalue weighted by atomic mass is 9.97. The van der Waals surface area contributed by atoms with Crippen molar-refractivity contribution in [2.45, 2.75) is 12.8 Å². The highest BCUT2D eigenvalue weighted by Gasteiger charge is 2.25. The molecule has 0 radical (unpaired) electrons. The summed E-state index contributed by atoms with van der Waals surface area (Å²) in [6.45, 7) is 0. The number of rotatable bonds is 2. The van der Waals surface area contributed by atoms with Crippen molar-refractivity contribution in [3.63, 3.8) is 0 Å². The number of carbonyl (C=O) groups is 1. The van der Waals surface area contributed by atoms with Gasteiger partial charge in [-0.2, -0.15) is 0 Å². The third-order valence-electron chi connectivity index (χ3n) is 3.18.